The molecule has 0 saturated carbocycles. The molecule has 0 aromatic heterocycles. The first-order chi connectivity index (χ1) is 7.34. The minimum atomic E-state index is 0.125. The molecule has 0 spiro atoms. The maximum atomic E-state index is 5.64. The molecular formula is C11H15NO3. The zero-order chi connectivity index (χ0) is 10.5. The van der Waals surface area contributed by atoms with Crippen LogP contribution in [0.5, 0.6) is 5.75 Å². The van der Waals surface area contributed by atoms with E-state index < -0.39 is 0 Å². The van der Waals surface area contributed by atoms with Crippen molar-refractivity contribution >= 4 is 5.69 Å². The van der Waals surface area contributed by atoms with Gasteiger partial charge in [-0.3, -0.25) is 0 Å². The van der Waals surface area contributed by atoms with Crippen LogP contribution in [0, 0.1) is 0 Å². The lowest BCUT2D eigenvalue weighted by molar-refractivity contribution is -0.147. The average Bonchev–Trinajstić information content (AvgIpc) is 2.28. The minimum absolute atomic E-state index is 0.125. The summed E-state index contributed by atoms with van der Waals surface area (Å²) in [5.74, 6) is 0.782. The summed E-state index contributed by atoms with van der Waals surface area (Å²) in [7, 11) is 0. The van der Waals surface area contributed by atoms with Crippen molar-refractivity contribution < 1.29 is 14.2 Å². The van der Waals surface area contributed by atoms with Gasteiger partial charge in [0.2, 0.25) is 0 Å². The highest BCUT2D eigenvalue weighted by atomic mass is 16.7. The highest BCUT2D eigenvalue weighted by molar-refractivity contribution is 5.43. The molecule has 0 radical (unpaired) electrons. The molecule has 1 aliphatic rings. The Bertz CT molecular complexity index is 310. The van der Waals surface area contributed by atoms with E-state index in [2.05, 4.69) is 0 Å². The fraction of sp³-hybridized carbons (Fsp3) is 0.455. The number of ether oxygens (including phenoxy) is 3. The SMILES string of the molecule is Nc1cccc(OCC2CCOCO2)c1. The molecule has 82 valence electrons. The van der Waals surface area contributed by atoms with Crippen LogP contribution in [0.4, 0.5) is 5.69 Å². The van der Waals surface area contributed by atoms with Crippen LogP contribution in [0.25, 0.3) is 0 Å². The van der Waals surface area contributed by atoms with Crippen LogP contribution in [-0.2, 0) is 9.47 Å². The van der Waals surface area contributed by atoms with Gasteiger partial charge < -0.3 is 19.9 Å². The van der Waals surface area contributed by atoms with Crippen LogP contribution < -0.4 is 10.5 Å². The number of nitrogens with two attached hydrogens (primary N) is 1. The summed E-state index contributed by atoms with van der Waals surface area (Å²) in [6.45, 7) is 1.66. The Labute approximate surface area is 88.9 Å². The molecule has 1 atom stereocenters. The van der Waals surface area contributed by atoms with Crippen molar-refractivity contribution in [3.8, 4) is 5.75 Å². The van der Waals surface area contributed by atoms with E-state index in [1.807, 2.05) is 18.2 Å². The van der Waals surface area contributed by atoms with Gasteiger partial charge in [0, 0.05) is 18.2 Å². The highest BCUT2D eigenvalue weighted by Crippen LogP contribution is 2.16. The summed E-state index contributed by atoms with van der Waals surface area (Å²) in [5, 5.41) is 0. The summed E-state index contributed by atoms with van der Waals surface area (Å²) in [4.78, 5) is 0. The summed E-state index contributed by atoms with van der Waals surface area (Å²) in [5.41, 5.74) is 6.34. The van der Waals surface area contributed by atoms with Crippen molar-refractivity contribution in [2.75, 3.05) is 25.7 Å². The number of hydrogen-bond donors (Lipinski definition) is 1. The first-order valence-corrected chi connectivity index (χ1v) is 5.02. The van der Waals surface area contributed by atoms with Gasteiger partial charge in [0.15, 0.2) is 0 Å². The molecule has 1 aromatic carbocycles. The first-order valence-electron chi connectivity index (χ1n) is 5.02. The molecule has 4 nitrogen and oxygen atoms in total. The zero-order valence-corrected chi connectivity index (χ0v) is 8.52. The Kier molecular flexibility index (Phi) is 3.42. The topological polar surface area (TPSA) is 53.7 Å². The first kappa shape index (κ1) is 10.3. The molecular weight excluding hydrogens is 194 g/mol. The Balaban J connectivity index is 1.81. The molecule has 0 aliphatic carbocycles. The van der Waals surface area contributed by atoms with E-state index in [4.69, 9.17) is 19.9 Å². The molecule has 0 bridgehead atoms. The predicted octanol–water partition coefficient (Wildman–Crippen LogP) is 1.41. The summed E-state index contributed by atoms with van der Waals surface area (Å²) in [6.07, 6.45) is 1.00. The molecule has 1 heterocycles. The standard InChI is InChI=1S/C11H15NO3/c12-9-2-1-3-10(6-9)14-7-11-4-5-13-8-15-11/h1-3,6,11H,4-5,7-8,12H2. The fourth-order valence-electron chi connectivity index (χ4n) is 1.43. The smallest absolute Gasteiger partial charge is 0.147 e. The number of nitrogen functional groups attached to an aromatic ring is 1. The molecule has 1 aliphatic heterocycles. The third kappa shape index (κ3) is 3.11. The van der Waals surface area contributed by atoms with Crippen LogP contribution >= 0.6 is 0 Å². The van der Waals surface area contributed by atoms with E-state index in [1.165, 1.54) is 0 Å². The number of benzene rings is 1. The second kappa shape index (κ2) is 5.00. The van der Waals surface area contributed by atoms with Crippen molar-refractivity contribution in [2.24, 2.45) is 0 Å². The van der Waals surface area contributed by atoms with Crippen molar-refractivity contribution in [3.63, 3.8) is 0 Å². The van der Waals surface area contributed by atoms with E-state index in [-0.39, 0.29) is 6.10 Å². The summed E-state index contributed by atoms with van der Waals surface area (Å²) < 4.78 is 16.0. The molecule has 1 unspecified atom stereocenters. The Morgan fingerprint density at radius 1 is 1.47 bits per heavy atom. The third-order valence-corrected chi connectivity index (χ3v) is 2.27. The van der Waals surface area contributed by atoms with Gasteiger partial charge in [-0.05, 0) is 12.1 Å². The quantitative estimate of drug-likeness (QED) is 0.765. The van der Waals surface area contributed by atoms with Crippen molar-refractivity contribution in [3.05, 3.63) is 24.3 Å². The molecule has 1 aromatic rings. The van der Waals surface area contributed by atoms with Gasteiger partial charge in [0.1, 0.15) is 19.1 Å². The van der Waals surface area contributed by atoms with E-state index in [1.54, 1.807) is 6.07 Å². The monoisotopic (exact) mass is 209 g/mol. The van der Waals surface area contributed by atoms with Gasteiger partial charge in [0.05, 0.1) is 12.7 Å². The lowest BCUT2D eigenvalue weighted by Gasteiger charge is -2.22. The van der Waals surface area contributed by atoms with E-state index in [0.717, 1.165) is 18.8 Å². The number of rotatable bonds is 3. The van der Waals surface area contributed by atoms with Crippen molar-refractivity contribution in [1.29, 1.82) is 0 Å². The lowest BCUT2D eigenvalue weighted by Crippen LogP contribution is -2.29. The molecule has 4 heteroatoms. The molecule has 1 fully saturated rings. The van der Waals surface area contributed by atoms with Gasteiger partial charge >= 0.3 is 0 Å². The lowest BCUT2D eigenvalue weighted by atomic mass is 10.2. The predicted molar refractivity (Wildman–Crippen MR) is 56.7 cm³/mol. The van der Waals surface area contributed by atoms with Gasteiger partial charge in [-0.25, -0.2) is 0 Å². The molecule has 2 N–H and O–H groups in total. The van der Waals surface area contributed by atoms with Gasteiger partial charge in [-0.2, -0.15) is 0 Å². The Morgan fingerprint density at radius 2 is 2.40 bits per heavy atom. The molecule has 0 amide bonds. The second-order valence-electron chi connectivity index (χ2n) is 3.49. The van der Waals surface area contributed by atoms with Crippen molar-refractivity contribution in [1.82, 2.24) is 0 Å². The third-order valence-electron chi connectivity index (χ3n) is 2.27. The van der Waals surface area contributed by atoms with Gasteiger partial charge in [-0.15, -0.1) is 0 Å². The van der Waals surface area contributed by atoms with Crippen LogP contribution in [0.15, 0.2) is 24.3 Å². The minimum Gasteiger partial charge on any atom is -0.491 e. The van der Waals surface area contributed by atoms with Crippen LogP contribution in [0.1, 0.15) is 6.42 Å². The van der Waals surface area contributed by atoms with Crippen LogP contribution in [0.2, 0.25) is 0 Å². The van der Waals surface area contributed by atoms with Gasteiger partial charge in [0.25, 0.3) is 0 Å². The van der Waals surface area contributed by atoms with E-state index >= 15 is 0 Å². The Morgan fingerprint density at radius 3 is 3.13 bits per heavy atom. The molecule has 1 saturated heterocycles. The average molecular weight is 209 g/mol. The van der Waals surface area contributed by atoms with E-state index in [9.17, 15) is 0 Å². The van der Waals surface area contributed by atoms with Crippen molar-refractivity contribution in [2.45, 2.75) is 12.5 Å². The maximum Gasteiger partial charge on any atom is 0.147 e. The maximum absolute atomic E-state index is 5.64. The summed E-state index contributed by atoms with van der Waals surface area (Å²) in [6, 6.07) is 7.39. The Hall–Kier alpha value is -1.26. The highest BCUT2D eigenvalue weighted by Gasteiger charge is 2.14. The summed E-state index contributed by atoms with van der Waals surface area (Å²) >= 11 is 0. The number of hydrogen-bond acceptors (Lipinski definition) is 4. The van der Waals surface area contributed by atoms with E-state index in [0.29, 0.717) is 19.1 Å². The van der Waals surface area contributed by atoms with Gasteiger partial charge in [-0.1, -0.05) is 6.07 Å². The second-order valence-corrected chi connectivity index (χ2v) is 3.49. The van der Waals surface area contributed by atoms with Crippen LogP contribution in [-0.4, -0.2) is 26.1 Å². The molecule has 2 rings (SSSR count). The van der Waals surface area contributed by atoms with Crippen LogP contribution in [0.3, 0.4) is 0 Å². The zero-order valence-electron chi connectivity index (χ0n) is 8.52. The number of anilines is 1. The largest absolute Gasteiger partial charge is 0.491 e. The fourth-order valence-corrected chi connectivity index (χ4v) is 1.43. The normalized spacial score (nSPS) is 21.2. The molecule has 15 heavy (non-hydrogen) atoms.